The second-order valence-corrected chi connectivity index (χ2v) is 13.7. The number of carbonyl (C=O) groups is 3. The summed E-state index contributed by atoms with van der Waals surface area (Å²) in [5.41, 5.74) is 4.43. The van der Waals surface area contributed by atoms with Crippen molar-refractivity contribution in [1.29, 1.82) is 0 Å². The van der Waals surface area contributed by atoms with Crippen molar-refractivity contribution >= 4 is 29.1 Å². The number of hydrogen-bond acceptors (Lipinski definition) is 7. The molecule has 0 bridgehead atoms. The fourth-order valence-corrected chi connectivity index (χ4v) is 6.88. The summed E-state index contributed by atoms with van der Waals surface area (Å²) in [5, 5.41) is 13.6. The molecule has 11 heteroatoms. The van der Waals surface area contributed by atoms with E-state index in [0.29, 0.717) is 11.1 Å². The summed E-state index contributed by atoms with van der Waals surface area (Å²) >= 11 is 1.49. The van der Waals surface area contributed by atoms with E-state index in [1.165, 1.54) is 33.3 Å². The quantitative estimate of drug-likeness (QED) is 0.364. The minimum atomic E-state index is -0.853. The standard InChI is InChI=1S/C33H39FN4O5S/c1-18(2)28(38-15-22-9-10-23(34)12-25(22)31(38)41)32(42)37-16-24(43-33(4,5)6)13-26(37)30(40)35-14-21-8-7-20(11-27(21)39)29-19(3)36-17-44-29/h7-12,17-18,24,26,28,39H,13-16H2,1-6H3,(H,35,40)/t24-,26+,28+/m1/s1. The largest absolute Gasteiger partial charge is 0.508 e. The molecule has 3 atom stereocenters. The lowest BCUT2D eigenvalue weighted by molar-refractivity contribution is -0.143. The maximum atomic E-state index is 14.2. The number of aryl methyl sites for hydroxylation is 1. The van der Waals surface area contributed by atoms with Crippen LogP contribution in [-0.4, -0.2) is 67.9 Å². The third kappa shape index (κ3) is 6.49. The van der Waals surface area contributed by atoms with Crippen LogP contribution in [0.15, 0.2) is 41.9 Å². The molecular formula is C33H39FN4O5S. The minimum Gasteiger partial charge on any atom is -0.508 e. The fraction of sp³-hybridized carbons (Fsp3) is 0.455. The van der Waals surface area contributed by atoms with Crippen LogP contribution in [0.4, 0.5) is 4.39 Å². The molecule has 3 heterocycles. The molecule has 2 aromatic carbocycles. The fourth-order valence-electron chi connectivity index (χ4n) is 6.08. The summed E-state index contributed by atoms with van der Waals surface area (Å²) < 4.78 is 20.2. The average Bonchev–Trinajstić information content (AvgIpc) is 3.64. The number of nitrogens with one attached hydrogen (secondary N) is 1. The smallest absolute Gasteiger partial charge is 0.255 e. The summed E-state index contributed by atoms with van der Waals surface area (Å²) in [6, 6.07) is 7.70. The van der Waals surface area contributed by atoms with Gasteiger partial charge in [0, 0.05) is 37.2 Å². The highest BCUT2D eigenvalue weighted by atomic mass is 32.1. The predicted molar refractivity (Wildman–Crippen MR) is 165 cm³/mol. The van der Waals surface area contributed by atoms with Crippen molar-refractivity contribution in [3.05, 3.63) is 70.1 Å². The number of amides is 3. The van der Waals surface area contributed by atoms with Gasteiger partial charge in [0.05, 0.1) is 27.8 Å². The summed E-state index contributed by atoms with van der Waals surface area (Å²) in [6.45, 7) is 11.8. The van der Waals surface area contributed by atoms with E-state index in [2.05, 4.69) is 10.3 Å². The monoisotopic (exact) mass is 622 g/mol. The van der Waals surface area contributed by atoms with E-state index in [-0.39, 0.29) is 55.1 Å². The van der Waals surface area contributed by atoms with E-state index in [9.17, 15) is 23.9 Å². The summed E-state index contributed by atoms with van der Waals surface area (Å²) in [7, 11) is 0. The van der Waals surface area contributed by atoms with Crippen molar-refractivity contribution < 1.29 is 28.6 Å². The second-order valence-electron chi connectivity index (χ2n) is 12.8. The molecule has 0 spiro atoms. The van der Waals surface area contributed by atoms with E-state index in [4.69, 9.17) is 4.74 Å². The molecule has 3 amide bonds. The summed E-state index contributed by atoms with van der Waals surface area (Å²) in [5.74, 6) is -1.86. The van der Waals surface area contributed by atoms with Crippen LogP contribution in [0.2, 0.25) is 0 Å². The van der Waals surface area contributed by atoms with Crippen LogP contribution in [-0.2, 0) is 27.4 Å². The van der Waals surface area contributed by atoms with Crippen molar-refractivity contribution in [3.8, 4) is 16.2 Å². The number of aromatic nitrogens is 1. The number of hydrogen-bond donors (Lipinski definition) is 2. The number of nitrogens with zero attached hydrogens (tertiary/aromatic N) is 3. The molecule has 2 N–H and O–H groups in total. The first-order chi connectivity index (χ1) is 20.7. The zero-order valence-corrected chi connectivity index (χ0v) is 26.7. The number of thiazole rings is 1. The molecule has 9 nitrogen and oxygen atoms in total. The van der Waals surface area contributed by atoms with Crippen LogP contribution in [0.25, 0.3) is 10.4 Å². The summed E-state index contributed by atoms with van der Waals surface area (Å²) in [4.78, 5) is 49.5. The maximum Gasteiger partial charge on any atom is 0.255 e. The van der Waals surface area contributed by atoms with Crippen LogP contribution >= 0.6 is 11.3 Å². The van der Waals surface area contributed by atoms with Gasteiger partial charge in [-0.25, -0.2) is 9.37 Å². The average molecular weight is 623 g/mol. The molecule has 1 fully saturated rings. The number of ether oxygens (including phenoxy) is 1. The van der Waals surface area contributed by atoms with E-state index < -0.39 is 35.5 Å². The topological polar surface area (TPSA) is 112 Å². The molecule has 5 rings (SSSR count). The Morgan fingerprint density at radius 1 is 1.20 bits per heavy atom. The molecule has 1 saturated heterocycles. The van der Waals surface area contributed by atoms with Crippen molar-refractivity contribution in [2.24, 2.45) is 5.92 Å². The van der Waals surface area contributed by atoms with Gasteiger partial charge in [-0.05, 0) is 62.9 Å². The molecule has 0 radical (unpaired) electrons. The van der Waals surface area contributed by atoms with Gasteiger partial charge >= 0.3 is 0 Å². The highest BCUT2D eigenvalue weighted by molar-refractivity contribution is 7.13. The molecule has 2 aliphatic rings. The molecule has 3 aromatic rings. The van der Waals surface area contributed by atoms with E-state index in [1.54, 1.807) is 23.7 Å². The minimum absolute atomic E-state index is 0.0484. The first-order valence-corrected chi connectivity index (χ1v) is 15.7. The number of halogens is 1. The highest BCUT2D eigenvalue weighted by Gasteiger charge is 2.47. The van der Waals surface area contributed by atoms with Crippen LogP contribution in [0.3, 0.4) is 0 Å². The van der Waals surface area contributed by atoms with Crippen LogP contribution in [0, 0.1) is 18.7 Å². The lowest BCUT2D eigenvalue weighted by Gasteiger charge is -2.35. The first-order valence-electron chi connectivity index (χ1n) is 14.8. The highest BCUT2D eigenvalue weighted by Crippen LogP contribution is 2.33. The van der Waals surface area contributed by atoms with Crippen LogP contribution < -0.4 is 5.32 Å². The van der Waals surface area contributed by atoms with Gasteiger partial charge in [0.1, 0.15) is 23.7 Å². The van der Waals surface area contributed by atoms with Gasteiger partial charge in [-0.2, -0.15) is 0 Å². The molecule has 2 aliphatic heterocycles. The molecule has 1 aromatic heterocycles. The normalized spacial score (nSPS) is 19.0. The third-order valence-electron chi connectivity index (χ3n) is 8.04. The molecular weight excluding hydrogens is 583 g/mol. The van der Waals surface area contributed by atoms with Crippen molar-refractivity contribution in [3.63, 3.8) is 0 Å². The number of fused-ring (bicyclic) bond motifs is 1. The zero-order chi connectivity index (χ0) is 31.9. The van der Waals surface area contributed by atoms with Crippen molar-refractivity contribution in [1.82, 2.24) is 20.1 Å². The second kappa shape index (κ2) is 12.3. The predicted octanol–water partition coefficient (Wildman–Crippen LogP) is 5.04. The van der Waals surface area contributed by atoms with Gasteiger partial charge in [-0.3, -0.25) is 14.4 Å². The third-order valence-corrected chi connectivity index (χ3v) is 9.02. The number of phenols is 1. The number of likely N-dealkylation sites (tertiary alicyclic amines) is 1. The zero-order valence-electron chi connectivity index (χ0n) is 25.9. The molecule has 0 unspecified atom stereocenters. The van der Waals surface area contributed by atoms with E-state index in [0.717, 1.165) is 16.1 Å². The van der Waals surface area contributed by atoms with Gasteiger partial charge in [0.2, 0.25) is 11.8 Å². The van der Waals surface area contributed by atoms with Gasteiger partial charge in [-0.15, -0.1) is 11.3 Å². The lowest BCUT2D eigenvalue weighted by atomic mass is 10.0. The van der Waals surface area contributed by atoms with Gasteiger partial charge < -0.3 is 25.0 Å². The number of benzene rings is 2. The Hall–Kier alpha value is -3.83. The van der Waals surface area contributed by atoms with Crippen LogP contribution in [0.5, 0.6) is 5.75 Å². The van der Waals surface area contributed by atoms with Gasteiger partial charge in [0.15, 0.2) is 0 Å². The number of rotatable bonds is 8. The lowest BCUT2D eigenvalue weighted by Crippen LogP contribution is -2.55. The molecule has 0 aliphatic carbocycles. The Kier molecular flexibility index (Phi) is 8.82. The Morgan fingerprint density at radius 2 is 1.95 bits per heavy atom. The SMILES string of the molecule is Cc1ncsc1-c1ccc(CNC(=O)[C@@H]2C[C@@H](OC(C)(C)C)CN2C(=O)[C@H](C(C)C)N2Cc3ccc(F)cc3C2=O)c(O)c1. The Morgan fingerprint density at radius 3 is 2.59 bits per heavy atom. The number of phenolic OH excluding ortho intramolecular Hbond substituents is 1. The number of carbonyl (C=O) groups excluding carboxylic acids is 3. The van der Waals surface area contributed by atoms with Gasteiger partial charge in [-0.1, -0.05) is 32.0 Å². The van der Waals surface area contributed by atoms with E-state index >= 15 is 0 Å². The number of aromatic hydroxyl groups is 1. The Bertz CT molecular complexity index is 1580. The maximum absolute atomic E-state index is 14.2. The van der Waals surface area contributed by atoms with Crippen LogP contribution in [0.1, 0.15) is 68.2 Å². The van der Waals surface area contributed by atoms with Crippen molar-refractivity contribution in [2.45, 2.75) is 84.8 Å². The summed E-state index contributed by atoms with van der Waals surface area (Å²) in [6.07, 6.45) is -0.104. The van der Waals surface area contributed by atoms with E-state index in [1.807, 2.05) is 47.6 Å². The van der Waals surface area contributed by atoms with Crippen molar-refractivity contribution in [2.75, 3.05) is 6.54 Å². The Balaban J connectivity index is 1.35. The molecule has 0 saturated carbocycles. The molecule has 234 valence electrons. The first kappa shape index (κ1) is 31.6. The van der Waals surface area contributed by atoms with Gasteiger partial charge in [0.25, 0.3) is 5.91 Å². The molecule has 44 heavy (non-hydrogen) atoms. The Labute approximate surface area is 261 Å².